The first-order chi connectivity index (χ1) is 13.7. The largest absolute Gasteiger partial charge is 0.497 e. The predicted octanol–water partition coefficient (Wildman–Crippen LogP) is 5.94. The molecule has 0 spiro atoms. The van der Waals surface area contributed by atoms with E-state index in [-0.39, 0.29) is 0 Å². The third-order valence-electron chi connectivity index (χ3n) is 4.20. The van der Waals surface area contributed by atoms with Crippen molar-refractivity contribution >= 4 is 17.3 Å². The predicted molar refractivity (Wildman–Crippen MR) is 114 cm³/mol. The Hall–Kier alpha value is -2.85. The van der Waals surface area contributed by atoms with E-state index in [4.69, 9.17) is 25.8 Å². The van der Waals surface area contributed by atoms with Crippen LogP contribution >= 0.6 is 11.6 Å². The first kappa shape index (κ1) is 19.9. The first-order valence-electron chi connectivity index (χ1n) is 9.19. The Labute approximate surface area is 171 Å². The van der Waals surface area contributed by atoms with Gasteiger partial charge in [0.05, 0.1) is 13.7 Å². The van der Waals surface area contributed by atoms with E-state index in [0.717, 1.165) is 34.1 Å². The lowest BCUT2D eigenvalue weighted by atomic mass is 10.2. The Morgan fingerprint density at radius 2 is 1.54 bits per heavy atom. The summed E-state index contributed by atoms with van der Waals surface area (Å²) in [6.45, 7) is 3.68. The summed E-state index contributed by atoms with van der Waals surface area (Å²) >= 11 is 5.93. The lowest BCUT2D eigenvalue weighted by Crippen LogP contribution is -2.03. The fourth-order valence-corrected chi connectivity index (χ4v) is 2.83. The van der Waals surface area contributed by atoms with Crippen molar-refractivity contribution in [1.82, 2.24) is 0 Å². The summed E-state index contributed by atoms with van der Waals surface area (Å²) in [6.07, 6.45) is 0. The highest BCUT2D eigenvalue weighted by Crippen LogP contribution is 2.30. The Balaban J connectivity index is 1.64. The Morgan fingerprint density at radius 3 is 2.21 bits per heavy atom. The molecule has 0 fully saturated rings. The molecule has 0 aliphatic rings. The van der Waals surface area contributed by atoms with E-state index in [1.54, 1.807) is 7.11 Å². The Bertz CT molecular complexity index is 879. The van der Waals surface area contributed by atoms with Gasteiger partial charge in [-0.3, -0.25) is 0 Å². The van der Waals surface area contributed by atoms with Gasteiger partial charge in [0.25, 0.3) is 0 Å². The van der Waals surface area contributed by atoms with Gasteiger partial charge in [-0.15, -0.1) is 0 Å². The molecule has 0 aliphatic carbocycles. The summed E-state index contributed by atoms with van der Waals surface area (Å²) in [7, 11) is 1.66. The third-order valence-corrected chi connectivity index (χ3v) is 4.45. The van der Waals surface area contributed by atoms with Crippen molar-refractivity contribution in [1.29, 1.82) is 0 Å². The van der Waals surface area contributed by atoms with Gasteiger partial charge < -0.3 is 19.5 Å². The van der Waals surface area contributed by atoms with Gasteiger partial charge in [-0.25, -0.2) is 0 Å². The van der Waals surface area contributed by atoms with Crippen molar-refractivity contribution in [3.8, 4) is 17.2 Å². The second-order valence-electron chi connectivity index (χ2n) is 6.21. The molecule has 0 saturated heterocycles. The molecule has 1 N–H and O–H groups in total. The average Bonchev–Trinajstić information content (AvgIpc) is 2.73. The molecule has 0 heterocycles. The van der Waals surface area contributed by atoms with E-state index in [1.165, 1.54) is 0 Å². The number of hydrogen-bond donors (Lipinski definition) is 1. The zero-order chi connectivity index (χ0) is 19.8. The standard InChI is InChI=1S/C23H24ClNO3/c1-3-27-23-14-18(15-25-20-9-11-21(26-2)12-10-20)6-13-22(23)28-16-17-4-7-19(24)8-5-17/h4-14,25H,3,15-16H2,1-2H3. The van der Waals surface area contributed by atoms with Crippen LogP contribution in [0.15, 0.2) is 66.7 Å². The SMILES string of the molecule is CCOc1cc(CNc2ccc(OC)cc2)ccc1OCc1ccc(Cl)cc1. The van der Waals surface area contributed by atoms with Crippen LogP contribution in [0.1, 0.15) is 18.1 Å². The van der Waals surface area contributed by atoms with Gasteiger partial charge >= 0.3 is 0 Å². The minimum atomic E-state index is 0.459. The van der Waals surface area contributed by atoms with Crippen molar-refractivity contribution in [3.05, 3.63) is 82.9 Å². The summed E-state index contributed by atoms with van der Waals surface area (Å²) < 4.78 is 16.9. The zero-order valence-electron chi connectivity index (χ0n) is 16.1. The normalized spacial score (nSPS) is 10.4. The number of methoxy groups -OCH3 is 1. The topological polar surface area (TPSA) is 39.7 Å². The summed E-state index contributed by atoms with van der Waals surface area (Å²) in [6, 6.07) is 21.5. The van der Waals surface area contributed by atoms with Gasteiger partial charge in [0.2, 0.25) is 0 Å². The van der Waals surface area contributed by atoms with Gasteiger partial charge in [0.15, 0.2) is 11.5 Å². The molecule has 0 unspecified atom stereocenters. The molecule has 0 atom stereocenters. The average molecular weight is 398 g/mol. The van der Waals surface area contributed by atoms with Crippen LogP contribution in [0.5, 0.6) is 17.2 Å². The van der Waals surface area contributed by atoms with Crippen molar-refractivity contribution in [3.63, 3.8) is 0 Å². The monoisotopic (exact) mass is 397 g/mol. The van der Waals surface area contributed by atoms with E-state index in [2.05, 4.69) is 5.32 Å². The lowest BCUT2D eigenvalue weighted by Gasteiger charge is -2.14. The summed E-state index contributed by atoms with van der Waals surface area (Å²) in [5.41, 5.74) is 3.19. The maximum absolute atomic E-state index is 5.96. The highest BCUT2D eigenvalue weighted by molar-refractivity contribution is 6.30. The minimum absolute atomic E-state index is 0.459. The summed E-state index contributed by atoms with van der Waals surface area (Å²) in [5, 5.41) is 4.11. The maximum Gasteiger partial charge on any atom is 0.161 e. The molecule has 3 aromatic carbocycles. The van der Waals surface area contributed by atoms with Gasteiger partial charge in [0, 0.05) is 17.3 Å². The van der Waals surface area contributed by atoms with Crippen LogP contribution in [-0.4, -0.2) is 13.7 Å². The van der Waals surface area contributed by atoms with Crippen LogP contribution in [0.3, 0.4) is 0 Å². The molecule has 5 heteroatoms. The number of halogens is 1. The zero-order valence-corrected chi connectivity index (χ0v) is 16.8. The third kappa shape index (κ3) is 5.57. The molecular weight excluding hydrogens is 374 g/mol. The second kappa shape index (κ2) is 9.90. The van der Waals surface area contributed by atoms with E-state index >= 15 is 0 Å². The van der Waals surface area contributed by atoms with Crippen molar-refractivity contribution < 1.29 is 14.2 Å². The van der Waals surface area contributed by atoms with Gasteiger partial charge in [-0.05, 0) is 66.6 Å². The molecule has 0 aliphatic heterocycles. The maximum atomic E-state index is 5.96. The number of ether oxygens (including phenoxy) is 3. The molecule has 0 radical (unpaired) electrons. The highest BCUT2D eigenvalue weighted by atomic mass is 35.5. The van der Waals surface area contributed by atoms with Gasteiger partial charge in [0.1, 0.15) is 12.4 Å². The van der Waals surface area contributed by atoms with Gasteiger partial charge in [-0.2, -0.15) is 0 Å². The number of benzene rings is 3. The van der Waals surface area contributed by atoms with E-state index in [1.807, 2.05) is 73.7 Å². The molecule has 0 aromatic heterocycles. The Kier molecular flexibility index (Phi) is 7.04. The van der Waals surface area contributed by atoms with Crippen LogP contribution in [-0.2, 0) is 13.2 Å². The summed E-state index contributed by atoms with van der Waals surface area (Å²) in [4.78, 5) is 0. The van der Waals surface area contributed by atoms with Crippen molar-refractivity contribution in [2.75, 3.05) is 19.0 Å². The van der Waals surface area contributed by atoms with E-state index in [9.17, 15) is 0 Å². The fourth-order valence-electron chi connectivity index (χ4n) is 2.70. The highest BCUT2D eigenvalue weighted by Gasteiger charge is 2.07. The minimum Gasteiger partial charge on any atom is -0.497 e. The second-order valence-corrected chi connectivity index (χ2v) is 6.65. The van der Waals surface area contributed by atoms with Crippen LogP contribution in [0.2, 0.25) is 5.02 Å². The van der Waals surface area contributed by atoms with Crippen molar-refractivity contribution in [2.45, 2.75) is 20.1 Å². The van der Waals surface area contributed by atoms with E-state index in [0.29, 0.717) is 24.8 Å². The number of anilines is 1. The Morgan fingerprint density at radius 1 is 0.821 bits per heavy atom. The first-order valence-corrected chi connectivity index (χ1v) is 9.56. The fraction of sp³-hybridized carbons (Fsp3) is 0.217. The molecule has 3 rings (SSSR count). The molecule has 0 saturated carbocycles. The van der Waals surface area contributed by atoms with Gasteiger partial charge in [-0.1, -0.05) is 29.8 Å². The smallest absolute Gasteiger partial charge is 0.161 e. The quantitative estimate of drug-likeness (QED) is 0.485. The molecule has 4 nitrogen and oxygen atoms in total. The molecule has 28 heavy (non-hydrogen) atoms. The number of rotatable bonds is 9. The summed E-state index contributed by atoms with van der Waals surface area (Å²) in [5.74, 6) is 2.31. The molecular formula is C23H24ClNO3. The van der Waals surface area contributed by atoms with Crippen LogP contribution in [0.4, 0.5) is 5.69 Å². The molecule has 0 bridgehead atoms. The number of nitrogens with one attached hydrogen (secondary N) is 1. The van der Waals surface area contributed by atoms with Crippen LogP contribution in [0, 0.1) is 0 Å². The van der Waals surface area contributed by atoms with Crippen LogP contribution < -0.4 is 19.5 Å². The lowest BCUT2D eigenvalue weighted by molar-refractivity contribution is 0.269. The van der Waals surface area contributed by atoms with Crippen molar-refractivity contribution in [2.24, 2.45) is 0 Å². The number of hydrogen-bond acceptors (Lipinski definition) is 4. The molecule has 0 amide bonds. The van der Waals surface area contributed by atoms with E-state index < -0.39 is 0 Å². The molecule has 3 aromatic rings. The molecule has 146 valence electrons. The van der Waals surface area contributed by atoms with Crippen LogP contribution in [0.25, 0.3) is 0 Å².